The summed E-state index contributed by atoms with van der Waals surface area (Å²) in [7, 11) is 0. The molecule has 0 saturated heterocycles. The molecule has 0 fully saturated rings. The molecule has 0 aromatic heterocycles. The molecule has 0 aliphatic heterocycles. The molecule has 0 heteroatoms. The highest BCUT2D eigenvalue weighted by atomic mass is 14.2. The van der Waals surface area contributed by atoms with Crippen molar-refractivity contribution in [3.63, 3.8) is 0 Å². The molecule has 0 amide bonds. The molecule has 0 aliphatic carbocycles. The molecule has 0 heterocycles. The molecule has 5 rings (SSSR count). The Kier molecular flexibility index (Phi) is 5.83. The van der Waals surface area contributed by atoms with Crippen molar-refractivity contribution in [3.05, 3.63) is 107 Å². The van der Waals surface area contributed by atoms with Gasteiger partial charge in [-0.25, -0.2) is 0 Å². The van der Waals surface area contributed by atoms with Gasteiger partial charge >= 0.3 is 0 Å². The Bertz CT molecular complexity index is 1440. The van der Waals surface area contributed by atoms with Crippen molar-refractivity contribution < 1.29 is 0 Å². The van der Waals surface area contributed by atoms with Crippen LogP contribution in [0.25, 0.3) is 43.8 Å². The number of rotatable bonds is 2. The average Bonchev–Trinajstić information content (AvgIpc) is 2.82. The molecular weight excluding hydrogens is 432 g/mol. The Balaban J connectivity index is 1.90. The highest BCUT2D eigenvalue weighted by Gasteiger charge is 2.20. The number of hydrogen-bond donors (Lipinski definition) is 0. The van der Waals surface area contributed by atoms with Crippen LogP contribution in [0.15, 0.2) is 84.9 Å². The van der Waals surface area contributed by atoms with Crippen LogP contribution in [0.3, 0.4) is 0 Å². The van der Waals surface area contributed by atoms with Crippen molar-refractivity contribution >= 4 is 21.5 Å². The average molecular weight is 471 g/mol. The molecule has 0 unspecified atom stereocenters. The molecule has 5 aromatic rings. The van der Waals surface area contributed by atoms with Gasteiger partial charge in [0.2, 0.25) is 0 Å². The summed E-state index contributed by atoms with van der Waals surface area (Å²) in [5.41, 5.74) is 10.8. The van der Waals surface area contributed by atoms with E-state index in [1.807, 2.05) is 0 Å². The van der Waals surface area contributed by atoms with Crippen molar-refractivity contribution in [3.8, 4) is 22.3 Å². The topological polar surface area (TPSA) is 0 Å². The summed E-state index contributed by atoms with van der Waals surface area (Å²) in [6.07, 6.45) is 0. The maximum absolute atomic E-state index is 2.36. The van der Waals surface area contributed by atoms with Crippen LogP contribution >= 0.6 is 0 Å². The van der Waals surface area contributed by atoms with E-state index in [1.165, 1.54) is 66.1 Å². The minimum absolute atomic E-state index is 0.129. The van der Waals surface area contributed by atoms with Crippen LogP contribution in [0.1, 0.15) is 63.8 Å². The maximum Gasteiger partial charge on any atom is -0.00203 e. The Labute approximate surface area is 217 Å². The van der Waals surface area contributed by atoms with E-state index in [0.717, 1.165) is 0 Å². The van der Waals surface area contributed by atoms with Gasteiger partial charge in [-0.1, -0.05) is 138 Å². The third kappa shape index (κ3) is 4.35. The number of benzene rings is 5. The standard InChI is InChI=1S/C36H38/c1-23-9-19-29-31(21-23)32-22-24(2)10-20-30(32)34(26-13-17-28(18-14-26)36(6,7)8)33(29)25-11-15-27(16-12-25)35(3,4)5/h9-22H,1-8H3. The lowest BCUT2D eigenvalue weighted by Crippen LogP contribution is -2.10. The van der Waals surface area contributed by atoms with Gasteiger partial charge in [0.25, 0.3) is 0 Å². The maximum atomic E-state index is 2.36. The first kappa shape index (κ1) is 24.3. The smallest absolute Gasteiger partial charge is 0.00203 e. The fourth-order valence-corrected chi connectivity index (χ4v) is 5.34. The van der Waals surface area contributed by atoms with Crippen LogP contribution in [0.4, 0.5) is 0 Å². The highest BCUT2D eigenvalue weighted by Crippen LogP contribution is 2.45. The molecule has 0 spiro atoms. The molecule has 0 atom stereocenters. The Morgan fingerprint density at radius 3 is 1.03 bits per heavy atom. The van der Waals surface area contributed by atoms with Gasteiger partial charge in [0.05, 0.1) is 0 Å². The summed E-state index contributed by atoms with van der Waals surface area (Å²) in [6, 6.07) is 32.4. The zero-order valence-corrected chi connectivity index (χ0v) is 23.1. The van der Waals surface area contributed by atoms with E-state index in [-0.39, 0.29) is 10.8 Å². The number of aryl methyl sites for hydroxylation is 2. The van der Waals surface area contributed by atoms with Gasteiger partial charge in [-0.05, 0) is 79.6 Å². The van der Waals surface area contributed by atoms with Gasteiger partial charge in [0.15, 0.2) is 0 Å². The van der Waals surface area contributed by atoms with Crippen molar-refractivity contribution in [2.24, 2.45) is 0 Å². The van der Waals surface area contributed by atoms with Gasteiger partial charge in [-0.3, -0.25) is 0 Å². The summed E-state index contributed by atoms with van der Waals surface area (Å²) in [4.78, 5) is 0. The SMILES string of the molecule is Cc1ccc2c(-c3ccc(C(C)(C)C)cc3)c(-c3ccc(C(C)(C)C)cc3)c3ccc(C)cc3c2c1. The second-order valence-corrected chi connectivity index (χ2v) is 12.5. The van der Waals surface area contributed by atoms with E-state index in [9.17, 15) is 0 Å². The molecule has 0 bridgehead atoms. The minimum Gasteiger partial charge on any atom is -0.0587 e. The molecular formula is C36H38. The van der Waals surface area contributed by atoms with Crippen LogP contribution < -0.4 is 0 Å². The van der Waals surface area contributed by atoms with Crippen LogP contribution in [-0.2, 0) is 10.8 Å². The summed E-state index contributed by atoms with van der Waals surface area (Å²) < 4.78 is 0. The van der Waals surface area contributed by atoms with E-state index >= 15 is 0 Å². The second kappa shape index (κ2) is 8.63. The van der Waals surface area contributed by atoms with Gasteiger partial charge in [0, 0.05) is 0 Å². The van der Waals surface area contributed by atoms with E-state index in [4.69, 9.17) is 0 Å². The van der Waals surface area contributed by atoms with Gasteiger partial charge < -0.3 is 0 Å². The molecule has 182 valence electrons. The predicted octanol–water partition coefficient (Wildman–Crippen LogP) is 10.5. The van der Waals surface area contributed by atoms with Crippen molar-refractivity contribution in [2.75, 3.05) is 0 Å². The summed E-state index contributed by atoms with van der Waals surface area (Å²) >= 11 is 0. The van der Waals surface area contributed by atoms with Crippen LogP contribution in [0.5, 0.6) is 0 Å². The molecule has 0 radical (unpaired) electrons. The fraction of sp³-hybridized carbons (Fsp3) is 0.278. The lowest BCUT2D eigenvalue weighted by Gasteiger charge is -2.23. The zero-order chi connectivity index (χ0) is 25.8. The summed E-state index contributed by atoms with van der Waals surface area (Å²) in [5.74, 6) is 0. The lowest BCUT2D eigenvalue weighted by atomic mass is 9.81. The Hall–Kier alpha value is -3.38. The third-order valence-corrected chi connectivity index (χ3v) is 7.51. The highest BCUT2D eigenvalue weighted by molar-refractivity contribution is 6.21. The second-order valence-electron chi connectivity index (χ2n) is 12.5. The number of fused-ring (bicyclic) bond motifs is 3. The molecule has 36 heavy (non-hydrogen) atoms. The Morgan fingerprint density at radius 2 is 0.722 bits per heavy atom. The van der Waals surface area contributed by atoms with E-state index in [1.54, 1.807) is 0 Å². The van der Waals surface area contributed by atoms with Crippen LogP contribution in [0.2, 0.25) is 0 Å². The van der Waals surface area contributed by atoms with Crippen molar-refractivity contribution in [1.82, 2.24) is 0 Å². The number of hydrogen-bond acceptors (Lipinski definition) is 0. The molecule has 0 saturated carbocycles. The molecule has 0 aliphatic rings. The first-order valence-electron chi connectivity index (χ1n) is 13.1. The van der Waals surface area contributed by atoms with E-state index < -0.39 is 0 Å². The van der Waals surface area contributed by atoms with Gasteiger partial charge in [-0.15, -0.1) is 0 Å². The lowest BCUT2D eigenvalue weighted by molar-refractivity contribution is 0.590. The monoisotopic (exact) mass is 470 g/mol. The molecule has 5 aromatic carbocycles. The first-order chi connectivity index (χ1) is 16.9. The summed E-state index contributed by atoms with van der Waals surface area (Å²) in [6.45, 7) is 18.1. The molecule has 0 nitrogen and oxygen atoms in total. The summed E-state index contributed by atoms with van der Waals surface area (Å²) in [5, 5.41) is 5.30. The van der Waals surface area contributed by atoms with E-state index in [2.05, 4.69) is 140 Å². The van der Waals surface area contributed by atoms with E-state index in [0.29, 0.717) is 0 Å². The minimum atomic E-state index is 0.129. The zero-order valence-electron chi connectivity index (χ0n) is 23.1. The van der Waals surface area contributed by atoms with Crippen LogP contribution in [-0.4, -0.2) is 0 Å². The normalized spacial score (nSPS) is 12.4. The Morgan fingerprint density at radius 1 is 0.389 bits per heavy atom. The fourth-order valence-electron chi connectivity index (χ4n) is 5.34. The van der Waals surface area contributed by atoms with Gasteiger partial charge in [-0.2, -0.15) is 0 Å². The van der Waals surface area contributed by atoms with Crippen molar-refractivity contribution in [1.29, 1.82) is 0 Å². The quantitative estimate of drug-likeness (QED) is 0.225. The molecule has 0 N–H and O–H groups in total. The largest absolute Gasteiger partial charge is 0.0587 e. The van der Waals surface area contributed by atoms with Crippen LogP contribution in [0, 0.1) is 13.8 Å². The third-order valence-electron chi connectivity index (χ3n) is 7.51. The van der Waals surface area contributed by atoms with Gasteiger partial charge in [0.1, 0.15) is 0 Å². The van der Waals surface area contributed by atoms with Crippen molar-refractivity contribution in [2.45, 2.75) is 66.2 Å². The predicted molar refractivity (Wildman–Crippen MR) is 159 cm³/mol. The first-order valence-corrected chi connectivity index (χ1v) is 13.1.